The van der Waals surface area contributed by atoms with E-state index >= 15 is 0 Å². The number of nitrogens with zero attached hydrogens (tertiary/aromatic N) is 2. The van der Waals surface area contributed by atoms with Gasteiger partial charge in [-0.25, -0.2) is 0 Å². The Morgan fingerprint density at radius 3 is 2.25 bits per heavy atom. The van der Waals surface area contributed by atoms with Crippen LogP contribution < -0.4 is 4.74 Å². The molecule has 0 unspecified atom stereocenters. The van der Waals surface area contributed by atoms with Crippen LogP contribution in [0.3, 0.4) is 0 Å². The van der Waals surface area contributed by atoms with Crippen LogP contribution in [0.25, 0.3) is 5.76 Å². The molecule has 1 aliphatic heterocycles. The maximum Gasteiger partial charge on any atom is 0.295 e. The molecule has 1 aliphatic rings. The fourth-order valence-electron chi connectivity index (χ4n) is 3.96. The van der Waals surface area contributed by atoms with Gasteiger partial charge in [-0.2, -0.15) is 0 Å². The van der Waals surface area contributed by atoms with E-state index in [-0.39, 0.29) is 11.3 Å². The quantitative estimate of drug-likeness (QED) is 0.343. The predicted molar refractivity (Wildman–Crippen MR) is 125 cm³/mol. The number of hydrogen-bond acceptors (Lipinski definition) is 5. The Balaban J connectivity index is 2.03. The minimum atomic E-state index is -0.651. The van der Waals surface area contributed by atoms with Crippen LogP contribution in [-0.2, 0) is 9.59 Å². The van der Waals surface area contributed by atoms with E-state index in [2.05, 4.69) is 18.7 Å². The summed E-state index contributed by atoms with van der Waals surface area (Å²) in [5.74, 6) is -0.641. The highest BCUT2D eigenvalue weighted by Crippen LogP contribution is 2.39. The van der Waals surface area contributed by atoms with Crippen molar-refractivity contribution in [3.05, 3.63) is 71.3 Å². The van der Waals surface area contributed by atoms with Crippen molar-refractivity contribution in [1.82, 2.24) is 9.80 Å². The number of Topliss-reactive ketones (excluding diaryl/α,β-unsaturated/α-hetero) is 1. The molecule has 1 N–H and O–H groups in total. The van der Waals surface area contributed by atoms with Gasteiger partial charge in [0.1, 0.15) is 11.5 Å². The van der Waals surface area contributed by atoms with Crippen LogP contribution in [0.15, 0.2) is 60.2 Å². The zero-order valence-corrected chi connectivity index (χ0v) is 19.1. The third-order valence-corrected chi connectivity index (χ3v) is 5.81. The zero-order chi connectivity index (χ0) is 23.1. The molecule has 0 bridgehead atoms. The minimum absolute atomic E-state index is 0.128. The lowest BCUT2D eigenvalue weighted by Crippen LogP contribution is -2.38. The van der Waals surface area contributed by atoms with Crippen LogP contribution in [0.1, 0.15) is 44.4 Å². The van der Waals surface area contributed by atoms with Crippen molar-refractivity contribution in [2.45, 2.75) is 33.2 Å². The molecule has 1 atom stereocenters. The number of rotatable bonds is 10. The molecule has 0 spiro atoms. The highest BCUT2D eigenvalue weighted by atomic mass is 16.5. The Morgan fingerprint density at radius 2 is 1.66 bits per heavy atom. The van der Waals surface area contributed by atoms with Crippen LogP contribution in [0.5, 0.6) is 5.75 Å². The first kappa shape index (κ1) is 23.5. The standard InChI is InChI=1S/C26H32N2O4/c1-4-18-32-21-14-12-19(13-15-21)23-22(24(29)20-10-8-7-9-11-20)25(30)26(31)28(23)17-16-27(5-2)6-3/h7-15,23,29H,4-6,16-18H2,1-3H3/t23-/m0/s1. The van der Waals surface area contributed by atoms with Gasteiger partial charge in [-0.15, -0.1) is 0 Å². The van der Waals surface area contributed by atoms with Crippen molar-refractivity contribution in [2.75, 3.05) is 32.8 Å². The molecule has 32 heavy (non-hydrogen) atoms. The van der Waals surface area contributed by atoms with Crippen molar-refractivity contribution in [3.63, 3.8) is 0 Å². The second-order valence-corrected chi connectivity index (χ2v) is 7.80. The lowest BCUT2D eigenvalue weighted by atomic mass is 9.95. The van der Waals surface area contributed by atoms with Gasteiger partial charge in [0.2, 0.25) is 0 Å². The van der Waals surface area contributed by atoms with E-state index < -0.39 is 17.7 Å². The number of benzene rings is 2. The lowest BCUT2D eigenvalue weighted by Gasteiger charge is -2.28. The molecule has 6 nitrogen and oxygen atoms in total. The van der Waals surface area contributed by atoms with E-state index in [0.29, 0.717) is 25.3 Å². The Hall–Kier alpha value is -3.12. The van der Waals surface area contributed by atoms with Gasteiger partial charge in [-0.1, -0.05) is 63.2 Å². The number of aliphatic hydroxyl groups excluding tert-OH is 1. The van der Waals surface area contributed by atoms with Gasteiger partial charge in [-0.3, -0.25) is 9.59 Å². The number of likely N-dealkylation sites (N-methyl/N-ethyl adjacent to an activating group) is 1. The number of likely N-dealkylation sites (tertiary alicyclic amines) is 1. The maximum atomic E-state index is 13.1. The maximum absolute atomic E-state index is 13.1. The number of amides is 1. The third kappa shape index (κ3) is 5.02. The first-order chi connectivity index (χ1) is 15.5. The first-order valence-corrected chi connectivity index (χ1v) is 11.3. The molecular weight excluding hydrogens is 404 g/mol. The first-order valence-electron chi connectivity index (χ1n) is 11.3. The Kier molecular flexibility index (Phi) is 8.06. The Bertz CT molecular complexity index is 950. The van der Waals surface area contributed by atoms with Gasteiger partial charge < -0.3 is 19.6 Å². The largest absolute Gasteiger partial charge is 0.507 e. The molecule has 1 fully saturated rings. The predicted octanol–water partition coefficient (Wildman–Crippen LogP) is 4.24. The average molecular weight is 437 g/mol. The van der Waals surface area contributed by atoms with Gasteiger partial charge in [0.25, 0.3) is 11.7 Å². The monoisotopic (exact) mass is 436 g/mol. The summed E-state index contributed by atoms with van der Waals surface area (Å²) in [5, 5.41) is 11.0. The fourth-order valence-corrected chi connectivity index (χ4v) is 3.96. The van der Waals surface area contributed by atoms with Gasteiger partial charge >= 0.3 is 0 Å². The molecule has 1 amide bonds. The minimum Gasteiger partial charge on any atom is -0.507 e. The van der Waals surface area contributed by atoms with Gasteiger partial charge in [-0.05, 0) is 37.2 Å². The van der Waals surface area contributed by atoms with E-state index in [1.165, 1.54) is 0 Å². The second kappa shape index (κ2) is 11.0. The molecule has 170 valence electrons. The number of aliphatic hydroxyl groups is 1. The highest BCUT2D eigenvalue weighted by Gasteiger charge is 2.45. The van der Waals surface area contributed by atoms with Gasteiger partial charge in [0.05, 0.1) is 18.2 Å². The molecule has 6 heteroatoms. The number of ketones is 1. The van der Waals surface area contributed by atoms with E-state index in [4.69, 9.17) is 4.74 Å². The van der Waals surface area contributed by atoms with Crippen LogP contribution >= 0.6 is 0 Å². The number of carbonyl (C=O) groups excluding carboxylic acids is 2. The van der Waals surface area contributed by atoms with Crippen LogP contribution in [-0.4, -0.2) is 59.4 Å². The van der Waals surface area contributed by atoms with Gasteiger partial charge in [0, 0.05) is 18.7 Å². The number of carbonyl (C=O) groups is 2. The molecule has 1 saturated heterocycles. The van der Waals surface area contributed by atoms with Crippen LogP contribution in [0, 0.1) is 0 Å². The Morgan fingerprint density at radius 1 is 1.00 bits per heavy atom. The summed E-state index contributed by atoms with van der Waals surface area (Å²) in [6.45, 7) is 9.57. The summed E-state index contributed by atoms with van der Waals surface area (Å²) in [4.78, 5) is 29.9. The molecule has 3 rings (SSSR count). The average Bonchev–Trinajstić information content (AvgIpc) is 3.08. The topological polar surface area (TPSA) is 70.1 Å². The molecule has 2 aromatic carbocycles. The smallest absolute Gasteiger partial charge is 0.295 e. The lowest BCUT2D eigenvalue weighted by molar-refractivity contribution is -0.140. The van der Waals surface area contributed by atoms with Crippen molar-refractivity contribution in [2.24, 2.45) is 0 Å². The molecule has 0 radical (unpaired) electrons. The number of hydrogen-bond donors (Lipinski definition) is 1. The summed E-state index contributed by atoms with van der Waals surface area (Å²) >= 11 is 0. The zero-order valence-electron chi connectivity index (χ0n) is 19.1. The molecule has 0 aliphatic carbocycles. The molecular formula is C26H32N2O4. The van der Waals surface area contributed by atoms with E-state index in [1.54, 1.807) is 29.2 Å². The van der Waals surface area contributed by atoms with Gasteiger partial charge in [0.15, 0.2) is 0 Å². The summed E-state index contributed by atoms with van der Waals surface area (Å²) in [6, 6.07) is 15.7. The molecule has 0 saturated carbocycles. The van der Waals surface area contributed by atoms with Crippen LogP contribution in [0.4, 0.5) is 0 Å². The van der Waals surface area contributed by atoms with Crippen molar-refractivity contribution < 1.29 is 19.4 Å². The van der Waals surface area contributed by atoms with E-state index in [1.807, 2.05) is 37.3 Å². The SMILES string of the molecule is CCCOc1ccc([C@H]2C(=C(O)c3ccccc3)C(=O)C(=O)N2CCN(CC)CC)cc1. The normalized spacial score (nSPS) is 17.9. The Labute approximate surface area is 190 Å². The summed E-state index contributed by atoms with van der Waals surface area (Å²) in [6.07, 6.45) is 0.907. The van der Waals surface area contributed by atoms with Crippen molar-refractivity contribution in [1.29, 1.82) is 0 Å². The fraction of sp³-hybridized carbons (Fsp3) is 0.385. The summed E-state index contributed by atoms with van der Waals surface area (Å²) in [5.41, 5.74) is 1.41. The van der Waals surface area contributed by atoms with E-state index in [0.717, 1.165) is 30.8 Å². The highest BCUT2D eigenvalue weighted by molar-refractivity contribution is 6.46. The molecule has 0 aromatic heterocycles. The third-order valence-electron chi connectivity index (χ3n) is 5.81. The summed E-state index contributed by atoms with van der Waals surface area (Å²) in [7, 11) is 0. The van der Waals surface area contributed by atoms with Crippen molar-refractivity contribution >= 4 is 17.4 Å². The van der Waals surface area contributed by atoms with Crippen molar-refractivity contribution in [3.8, 4) is 5.75 Å². The molecule has 2 aromatic rings. The number of ether oxygens (including phenoxy) is 1. The van der Waals surface area contributed by atoms with Crippen LogP contribution in [0.2, 0.25) is 0 Å². The second-order valence-electron chi connectivity index (χ2n) is 7.80. The molecule has 1 heterocycles. The van der Waals surface area contributed by atoms with E-state index in [9.17, 15) is 14.7 Å². The summed E-state index contributed by atoms with van der Waals surface area (Å²) < 4.78 is 5.68.